The lowest BCUT2D eigenvalue weighted by Crippen LogP contribution is -1.89. The van der Waals surface area contributed by atoms with E-state index in [2.05, 4.69) is 22.1 Å². The first-order valence-corrected chi connectivity index (χ1v) is 5.28. The molecule has 0 aliphatic carbocycles. The maximum absolute atomic E-state index is 4.15. The summed E-state index contributed by atoms with van der Waals surface area (Å²) >= 11 is 1.72. The first-order chi connectivity index (χ1) is 6.95. The number of rotatable bonds is 3. The molecule has 0 amide bonds. The van der Waals surface area contributed by atoms with Gasteiger partial charge in [-0.05, 0) is 24.3 Å². The van der Waals surface area contributed by atoms with Gasteiger partial charge in [-0.2, -0.15) is 0 Å². The fourth-order valence-corrected chi connectivity index (χ4v) is 1.79. The van der Waals surface area contributed by atoms with E-state index in [9.17, 15) is 0 Å². The molecule has 69 valence electrons. The smallest absolute Gasteiger partial charge is 0.138 e. The first kappa shape index (κ1) is 9.21. The lowest BCUT2D eigenvalue weighted by Gasteiger charge is -1.98. The summed E-state index contributed by atoms with van der Waals surface area (Å²) in [7, 11) is 0. The summed E-state index contributed by atoms with van der Waals surface area (Å²) in [6, 6.07) is 12.8. The standard InChI is InChI=1S/C11H9N2S/c1-2-5-10(6-3-1)14-9-11-12-7-4-8-13-11/h1-2,4-8H,9H2. The van der Waals surface area contributed by atoms with Crippen LogP contribution in [0.4, 0.5) is 0 Å². The number of thioether (sulfide) groups is 1. The predicted octanol–water partition coefficient (Wildman–Crippen LogP) is 2.57. The van der Waals surface area contributed by atoms with Gasteiger partial charge in [0.05, 0.1) is 5.75 Å². The van der Waals surface area contributed by atoms with Gasteiger partial charge in [0.15, 0.2) is 0 Å². The van der Waals surface area contributed by atoms with Crippen molar-refractivity contribution in [1.82, 2.24) is 9.97 Å². The third-order valence-corrected chi connectivity index (χ3v) is 2.66. The Morgan fingerprint density at radius 1 is 1.21 bits per heavy atom. The monoisotopic (exact) mass is 201 g/mol. The van der Waals surface area contributed by atoms with Crippen LogP contribution in [0.5, 0.6) is 0 Å². The van der Waals surface area contributed by atoms with E-state index in [-0.39, 0.29) is 0 Å². The largest absolute Gasteiger partial charge is 0.240 e. The Labute approximate surface area is 87.4 Å². The van der Waals surface area contributed by atoms with Gasteiger partial charge < -0.3 is 0 Å². The molecule has 0 unspecified atom stereocenters. The molecular weight excluding hydrogens is 192 g/mol. The first-order valence-electron chi connectivity index (χ1n) is 4.30. The van der Waals surface area contributed by atoms with Gasteiger partial charge in [0.1, 0.15) is 5.82 Å². The van der Waals surface area contributed by atoms with Crippen LogP contribution < -0.4 is 0 Å². The van der Waals surface area contributed by atoms with Crippen LogP contribution in [-0.2, 0) is 5.75 Å². The van der Waals surface area contributed by atoms with Gasteiger partial charge in [-0.25, -0.2) is 9.97 Å². The molecule has 1 heterocycles. The average molecular weight is 201 g/mol. The van der Waals surface area contributed by atoms with Crippen molar-refractivity contribution >= 4 is 11.8 Å². The van der Waals surface area contributed by atoms with Gasteiger partial charge in [-0.15, -0.1) is 11.8 Å². The van der Waals surface area contributed by atoms with Crippen molar-refractivity contribution in [2.24, 2.45) is 0 Å². The second kappa shape index (κ2) is 4.77. The molecule has 0 fully saturated rings. The maximum atomic E-state index is 4.15. The Bertz CT molecular complexity index is 336. The van der Waals surface area contributed by atoms with E-state index in [0.29, 0.717) is 0 Å². The second-order valence-corrected chi connectivity index (χ2v) is 3.74. The third kappa shape index (κ3) is 2.57. The Hall–Kier alpha value is -1.35. The Morgan fingerprint density at radius 3 is 2.79 bits per heavy atom. The molecule has 0 aliphatic heterocycles. The average Bonchev–Trinajstić information content (AvgIpc) is 2.29. The molecule has 1 aromatic carbocycles. The number of hydrogen-bond donors (Lipinski definition) is 0. The van der Waals surface area contributed by atoms with E-state index < -0.39 is 0 Å². The van der Waals surface area contributed by atoms with Gasteiger partial charge in [-0.1, -0.05) is 12.1 Å². The van der Waals surface area contributed by atoms with Crippen molar-refractivity contribution in [3.63, 3.8) is 0 Å². The lowest BCUT2D eigenvalue weighted by molar-refractivity contribution is 1.03. The zero-order valence-electron chi connectivity index (χ0n) is 7.55. The van der Waals surface area contributed by atoms with E-state index in [1.54, 1.807) is 24.2 Å². The van der Waals surface area contributed by atoms with Crippen LogP contribution in [0.25, 0.3) is 0 Å². The van der Waals surface area contributed by atoms with E-state index >= 15 is 0 Å². The Morgan fingerprint density at radius 2 is 2.07 bits per heavy atom. The minimum absolute atomic E-state index is 0.804. The topological polar surface area (TPSA) is 25.8 Å². The van der Waals surface area contributed by atoms with E-state index in [0.717, 1.165) is 11.6 Å². The summed E-state index contributed by atoms with van der Waals surface area (Å²) in [6.45, 7) is 0. The highest BCUT2D eigenvalue weighted by atomic mass is 32.2. The van der Waals surface area contributed by atoms with Crippen molar-refractivity contribution in [2.45, 2.75) is 10.6 Å². The van der Waals surface area contributed by atoms with E-state index in [1.807, 2.05) is 24.3 Å². The molecule has 2 rings (SSSR count). The highest BCUT2D eigenvalue weighted by Crippen LogP contribution is 2.19. The van der Waals surface area contributed by atoms with E-state index in [1.165, 1.54) is 4.90 Å². The number of benzene rings is 1. The van der Waals surface area contributed by atoms with Crippen LogP contribution in [0.15, 0.2) is 47.6 Å². The van der Waals surface area contributed by atoms with Crippen LogP contribution in [0.1, 0.15) is 5.82 Å². The molecule has 2 aromatic rings. The molecule has 3 heteroatoms. The van der Waals surface area contributed by atoms with Gasteiger partial charge in [0.2, 0.25) is 0 Å². The molecule has 0 aliphatic rings. The SMILES string of the molecule is [c]1cccc(SCc2ncccn2)c1. The summed E-state index contributed by atoms with van der Waals surface area (Å²) in [5.74, 6) is 1.67. The summed E-state index contributed by atoms with van der Waals surface area (Å²) in [4.78, 5) is 9.50. The number of aromatic nitrogens is 2. The molecule has 0 atom stereocenters. The zero-order chi connectivity index (χ0) is 9.64. The van der Waals surface area contributed by atoms with Crippen LogP contribution >= 0.6 is 11.8 Å². The fraction of sp³-hybridized carbons (Fsp3) is 0.0909. The Balaban J connectivity index is 1.96. The van der Waals surface area contributed by atoms with Crippen LogP contribution in [0.3, 0.4) is 0 Å². The van der Waals surface area contributed by atoms with Gasteiger partial charge in [-0.3, -0.25) is 0 Å². The lowest BCUT2D eigenvalue weighted by atomic mass is 10.4. The summed E-state index contributed by atoms with van der Waals surface area (Å²) in [5, 5.41) is 0. The molecule has 1 radical (unpaired) electrons. The maximum Gasteiger partial charge on any atom is 0.138 e. The fourth-order valence-electron chi connectivity index (χ4n) is 1.02. The summed E-state index contributed by atoms with van der Waals surface area (Å²) in [5.41, 5.74) is 0. The Kier molecular flexibility index (Phi) is 3.14. The summed E-state index contributed by atoms with van der Waals surface area (Å²) < 4.78 is 0. The van der Waals surface area contributed by atoms with Crippen LogP contribution in [-0.4, -0.2) is 9.97 Å². The molecule has 0 saturated heterocycles. The number of nitrogens with zero attached hydrogens (tertiary/aromatic N) is 2. The van der Waals surface area contributed by atoms with Crippen molar-refractivity contribution in [1.29, 1.82) is 0 Å². The normalized spacial score (nSPS) is 10.0. The summed E-state index contributed by atoms with van der Waals surface area (Å²) in [6.07, 6.45) is 3.53. The molecule has 0 spiro atoms. The van der Waals surface area contributed by atoms with Crippen molar-refractivity contribution in [3.05, 3.63) is 54.6 Å². The van der Waals surface area contributed by atoms with Crippen LogP contribution in [0, 0.1) is 6.07 Å². The quantitative estimate of drug-likeness (QED) is 0.714. The van der Waals surface area contributed by atoms with Crippen molar-refractivity contribution in [2.75, 3.05) is 0 Å². The minimum atomic E-state index is 0.804. The molecule has 14 heavy (non-hydrogen) atoms. The molecular formula is C11H9N2S. The highest BCUT2D eigenvalue weighted by molar-refractivity contribution is 7.98. The highest BCUT2D eigenvalue weighted by Gasteiger charge is 1.96. The van der Waals surface area contributed by atoms with E-state index in [4.69, 9.17) is 0 Å². The van der Waals surface area contributed by atoms with Crippen molar-refractivity contribution in [3.8, 4) is 0 Å². The van der Waals surface area contributed by atoms with Crippen LogP contribution in [0.2, 0.25) is 0 Å². The molecule has 0 saturated carbocycles. The van der Waals surface area contributed by atoms with Gasteiger partial charge in [0, 0.05) is 17.3 Å². The zero-order valence-corrected chi connectivity index (χ0v) is 8.37. The van der Waals surface area contributed by atoms with Crippen molar-refractivity contribution < 1.29 is 0 Å². The van der Waals surface area contributed by atoms with Gasteiger partial charge >= 0.3 is 0 Å². The minimum Gasteiger partial charge on any atom is -0.240 e. The molecule has 0 N–H and O–H groups in total. The third-order valence-electron chi connectivity index (χ3n) is 1.67. The predicted molar refractivity (Wildman–Crippen MR) is 56.9 cm³/mol. The molecule has 1 aromatic heterocycles. The molecule has 2 nitrogen and oxygen atoms in total. The number of hydrogen-bond acceptors (Lipinski definition) is 3. The van der Waals surface area contributed by atoms with Gasteiger partial charge in [0.25, 0.3) is 0 Å². The molecule has 0 bridgehead atoms. The second-order valence-electron chi connectivity index (χ2n) is 2.69.